The van der Waals surface area contributed by atoms with E-state index >= 15 is 0 Å². The molecule has 0 aliphatic heterocycles. The largest absolute Gasteiger partial charge is 1.00 e. The van der Waals surface area contributed by atoms with Gasteiger partial charge in [-0.2, -0.15) is 0 Å². The third-order valence-corrected chi connectivity index (χ3v) is 2.34. The fourth-order valence-electron chi connectivity index (χ4n) is 1.55. The summed E-state index contributed by atoms with van der Waals surface area (Å²) >= 11 is 0. The zero-order chi connectivity index (χ0) is 11.5. The molecule has 1 aromatic heterocycles. The number of ether oxygens (including phenoxy) is 1. The van der Waals surface area contributed by atoms with Gasteiger partial charge >= 0.3 is 29.6 Å². The van der Waals surface area contributed by atoms with Crippen molar-refractivity contribution in [3.8, 4) is 11.7 Å². The number of benzene rings is 1. The van der Waals surface area contributed by atoms with E-state index in [4.69, 9.17) is 4.74 Å². The Labute approximate surface area is 121 Å². The minimum Gasteiger partial charge on any atom is -0.843 e. The van der Waals surface area contributed by atoms with Crippen molar-refractivity contribution >= 4 is 0 Å². The number of hydrogen-bond acceptors (Lipinski definition) is 5. The van der Waals surface area contributed by atoms with Crippen molar-refractivity contribution < 1.29 is 39.4 Å². The standard InChI is InChI=1S/C10H12N4O2.Na/c1-7-4-3-5-9(8(7)6-16-2)14-10(15)11-12-13-14;/h3-5H,6H2,1-2H3,(H,11,13,15);/q;+1/p-1. The van der Waals surface area contributed by atoms with Crippen LogP contribution in [0.1, 0.15) is 11.1 Å². The molecule has 0 fully saturated rings. The van der Waals surface area contributed by atoms with Gasteiger partial charge in [-0.25, -0.2) is 4.68 Å². The first-order valence-corrected chi connectivity index (χ1v) is 4.77. The monoisotopic (exact) mass is 242 g/mol. The zero-order valence-electron chi connectivity index (χ0n) is 10.0. The normalized spacial score (nSPS) is 10.0. The van der Waals surface area contributed by atoms with E-state index in [0.717, 1.165) is 11.1 Å². The van der Waals surface area contributed by atoms with Crippen molar-refractivity contribution in [1.29, 1.82) is 0 Å². The summed E-state index contributed by atoms with van der Waals surface area (Å²) < 4.78 is 6.27. The van der Waals surface area contributed by atoms with E-state index in [2.05, 4.69) is 15.5 Å². The number of nitrogens with zero attached hydrogens (tertiary/aromatic N) is 4. The first-order chi connectivity index (χ1) is 7.74. The number of hydrogen-bond donors (Lipinski definition) is 0. The second-order valence-corrected chi connectivity index (χ2v) is 3.38. The van der Waals surface area contributed by atoms with E-state index in [1.54, 1.807) is 13.2 Å². The topological polar surface area (TPSA) is 75.9 Å². The van der Waals surface area contributed by atoms with Crippen molar-refractivity contribution in [2.24, 2.45) is 0 Å². The summed E-state index contributed by atoms with van der Waals surface area (Å²) in [5.74, 6) is 0. The summed E-state index contributed by atoms with van der Waals surface area (Å²) in [4.78, 5) is 0. The van der Waals surface area contributed by atoms with Crippen LogP contribution in [-0.4, -0.2) is 27.3 Å². The van der Waals surface area contributed by atoms with E-state index in [9.17, 15) is 5.11 Å². The van der Waals surface area contributed by atoms with Crippen LogP contribution < -0.4 is 34.7 Å². The fraction of sp³-hybridized carbons (Fsp3) is 0.300. The summed E-state index contributed by atoms with van der Waals surface area (Å²) in [6.45, 7) is 2.37. The van der Waals surface area contributed by atoms with Gasteiger partial charge in [0.25, 0.3) is 0 Å². The summed E-state index contributed by atoms with van der Waals surface area (Å²) in [6, 6.07) is 5.11. The first kappa shape index (κ1) is 14.1. The molecule has 1 heterocycles. The van der Waals surface area contributed by atoms with Gasteiger partial charge in [0.1, 0.15) is 6.01 Å². The smallest absolute Gasteiger partial charge is 0.843 e. The average Bonchev–Trinajstić information content (AvgIpc) is 2.68. The molecule has 0 radical (unpaired) electrons. The Morgan fingerprint density at radius 1 is 1.41 bits per heavy atom. The number of methoxy groups -OCH3 is 1. The third kappa shape index (κ3) is 2.84. The molecular formula is C10H11N4NaO2. The maximum atomic E-state index is 11.4. The molecule has 0 N–H and O–H groups in total. The first-order valence-electron chi connectivity index (χ1n) is 4.77. The van der Waals surface area contributed by atoms with Gasteiger partial charge in [0.2, 0.25) is 0 Å². The predicted molar refractivity (Wildman–Crippen MR) is 54.1 cm³/mol. The van der Waals surface area contributed by atoms with Crippen LogP contribution in [0.3, 0.4) is 0 Å². The summed E-state index contributed by atoms with van der Waals surface area (Å²) in [7, 11) is 1.61. The molecule has 1 aromatic carbocycles. The maximum absolute atomic E-state index is 11.4. The van der Waals surface area contributed by atoms with Gasteiger partial charge in [0, 0.05) is 12.7 Å². The molecule has 0 saturated carbocycles. The van der Waals surface area contributed by atoms with E-state index in [1.165, 1.54) is 4.68 Å². The zero-order valence-corrected chi connectivity index (χ0v) is 12.0. The molecule has 0 aliphatic rings. The van der Waals surface area contributed by atoms with Gasteiger partial charge in [-0.3, -0.25) is 0 Å². The van der Waals surface area contributed by atoms with E-state index in [-0.39, 0.29) is 29.6 Å². The van der Waals surface area contributed by atoms with Crippen molar-refractivity contribution in [1.82, 2.24) is 20.2 Å². The van der Waals surface area contributed by atoms with Crippen LogP contribution in [0.15, 0.2) is 18.2 Å². The molecule has 0 spiro atoms. The maximum Gasteiger partial charge on any atom is 1.00 e. The molecule has 0 saturated heterocycles. The van der Waals surface area contributed by atoms with Crippen molar-refractivity contribution in [2.75, 3.05) is 7.11 Å². The molecule has 0 atom stereocenters. The molecule has 2 aromatic rings. The second kappa shape index (κ2) is 6.11. The van der Waals surface area contributed by atoms with Crippen molar-refractivity contribution in [2.45, 2.75) is 13.5 Å². The van der Waals surface area contributed by atoms with Gasteiger partial charge < -0.3 is 9.84 Å². The van der Waals surface area contributed by atoms with Crippen LogP contribution in [0.25, 0.3) is 5.69 Å². The third-order valence-electron chi connectivity index (χ3n) is 2.34. The Balaban J connectivity index is 0.00000144. The SMILES string of the molecule is COCc1c(C)cccc1-n1nnnc1[O-].[Na+]. The Bertz CT molecular complexity index is 501. The molecule has 17 heavy (non-hydrogen) atoms. The Morgan fingerprint density at radius 3 is 2.76 bits per heavy atom. The molecule has 7 heteroatoms. The minimum atomic E-state index is -0.483. The van der Waals surface area contributed by atoms with Crippen molar-refractivity contribution in [3.05, 3.63) is 29.3 Å². The van der Waals surface area contributed by atoms with Gasteiger partial charge in [0.05, 0.1) is 12.3 Å². The summed E-state index contributed by atoms with van der Waals surface area (Å²) in [6.07, 6.45) is 0. The Hall–Kier alpha value is -0.950. The molecule has 2 rings (SSSR count). The van der Waals surface area contributed by atoms with Gasteiger partial charge in [-0.1, -0.05) is 12.1 Å². The minimum absolute atomic E-state index is 0. The van der Waals surface area contributed by atoms with Crippen LogP contribution in [0, 0.1) is 6.92 Å². The number of aromatic nitrogens is 4. The van der Waals surface area contributed by atoms with E-state index < -0.39 is 6.01 Å². The molecule has 84 valence electrons. The second-order valence-electron chi connectivity index (χ2n) is 3.38. The number of tetrazole rings is 1. The quantitative estimate of drug-likeness (QED) is 0.543. The van der Waals surface area contributed by atoms with Crippen LogP contribution in [0.5, 0.6) is 6.01 Å². The fourth-order valence-corrected chi connectivity index (χ4v) is 1.55. The van der Waals surface area contributed by atoms with Crippen LogP contribution >= 0.6 is 0 Å². The Morgan fingerprint density at radius 2 is 2.18 bits per heavy atom. The summed E-state index contributed by atoms with van der Waals surface area (Å²) in [5, 5.41) is 21.7. The van der Waals surface area contributed by atoms with Crippen LogP contribution in [0.4, 0.5) is 0 Å². The molecule has 0 bridgehead atoms. The molecule has 0 unspecified atom stereocenters. The Kier molecular flexibility index (Phi) is 5.07. The predicted octanol–water partition coefficient (Wildman–Crippen LogP) is -2.81. The van der Waals surface area contributed by atoms with E-state index in [0.29, 0.717) is 12.3 Å². The average molecular weight is 242 g/mol. The van der Waals surface area contributed by atoms with Gasteiger partial charge in [-0.05, 0) is 29.0 Å². The van der Waals surface area contributed by atoms with E-state index in [1.807, 2.05) is 19.1 Å². The number of rotatable bonds is 3. The number of aryl methyl sites for hydroxylation is 1. The summed E-state index contributed by atoms with van der Waals surface area (Å²) in [5.41, 5.74) is 2.61. The van der Waals surface area contributed by atoms with Gasteiger partial charge in [-0.15, -0.1) is 5.10 Å². The molecule has 6 nitrogen and oxygen atoms in total. The van der Waals surface area contributed by atoms with Gasteiger partial charge in [0.15, 0.2) is 0 Å². The van der Waals surface area contributed by atoms with Crippen LogP contribution in [0.2, 0.25) is 0 Å². The molecule has 0 amide bonds. The molecule has 0 aliphatic carbocycles. The van der Waals surface area contributed by atoms with Crippen molar-refractivity contribution in [3.63, 3.8) is 0 Å². The molecular weight excluding hydrogens is 231 g/mol. The van der Waals surface area contributed by atoms with Crippen LogP contribution in [-0.2, 0) is 11.3 Å².